The summed E-state index contributed by atoms with van der Waals surface area (Å²) in [5, 5.41) is 3.30. The molecule has 0 radical (unpaired) electrons. The number of esters is 1. The van der Waals surface area contributed by atoms with Gasteiger partial charge in [0.05, 0.1) is 25.4 Å². The highest BCUT2D eigenvalue weighted by Crippen LogP contribution is 2.19. The lowest BCUT2D eigenvalue weighted by atomic mass is 9.94. The van der Waals surface area contributed by atoms with Crippen molar-refractivity contribution in [3.8, 4) is 0 Å². The molecule has 0 bridgehead atoms. The molecule has 1 heterocycles. The number of hydrogen-bond donors (Lipinski definition) is 1. The van der Waals surface area contributed by atoms with Crippen LogP contribution in [-0.4, -0.2) is 50.1 Å². The van der Waals surface area contributed by atoms with Gasteiger partial charge >= 0.3 is 5.97 Å². The summed E-state index contributed by atoms with van der Waals surface area (Å²) in [5.74, 6) is -0.203. The Morgan fingerprint density at radius 1 is 1.48 bits per heavy atom. The molecule has 0 spiro atoms. The second kappa shape index (κ2) is 9.38. The molecule has 1 aliphatic heterocycles. The van der Waals surface area contributed by atoms with E-state index in [0.717, 1.165) is 32.4 Å². The second-order valence-electron chi connectivity index (χ2n) is 5.96. The quantitative estimate of drug-likeness (QED) is 0.627. The zero-order valence-corrected chi connectivity index (χ0v) is 13.9. The van der Waals surface area contributed by atoms with Gasteiger partial charge in [0.1, 0.15) is 5.54 Å². The highest BCUT2D eigenvalue weighted by Gasteiger charge is 2.36. The lowest BCUT2D eigenvalue weighted by molar-refractivity contribution is -0.152. The molecule has 0 aromatic heterocycles. The summed E-state index contributed by atoms with van der Waals surface area (Å²) in [6.07, 6.45) is 3.94. The summed E-state index contributed by atoms with van der Waals surface area (Å²) < 4.78 is 16.6. The molecule has 5 nitrogen and oxygen atoms in total. The summed E-state index contributed by atoms with van der Waals surface area (Å²) in [4.78, 5) is 12.2. The molecule has 1 fully saturated rings. The fourth-order valence-corrected chi connectivity index (χ4v) is 2.60. The van der Waals surface area contributed by atoms with E-state index in [2.05, 4.69) is 12.2 Å². The summed E-state index contributed by atoms with van der Waals surface area (Å²) in [6.45, 7) is 10.4. The third kappa shape index (κ3) is 6.32. The number of nitrogens with one attached hydrogen (secondary N) is 1. The summed E-state index contributed by atoms with van der Waals surface area (Å²) in [7, 11) is 0. The van der Waals surface area contributed by atoms with Crippen LogP contribution in [0.5, 0.6) is 0 Å². The molecular weight excluding hydrogens is 270 g/mol. The molecule has 0 saturated carbocycles. The number of hydrogen-bond acceptors (Lipinski definition) is 5. The van der Waals surface area contributed by atoms with Crippen molar-refractivity contribution in [3.05, 3.63) is 0 Å². The molecule has 0 amide bonds. The summed E-state index contributed by atoms with van der Waals surface area (Å²) in [6, 6.07) is 0. The normalized spacial score (nSPS) is 22.8. The average Bonchev–Trinajstić information content (AvgIpc) is 2.96. The maximum atomic E-state index is 12.2. The van der Waals surface area contributed by atoms with Gasteiger partial charge in [0.15, 0.2) is 0 Å². The zero-order valence-electron chi connectivity index (χ0n) is 13.9. The Bertz CT molecular complexity index is 305. The van der Waals surface area contributed by atoms with Crippen molar-refractivity contribution in [2.75, 3.05) is 26.4 Å². The van der Waals surface area contributed by atoms with E-state index in [4.69, 9.17) is 14.2 Å². The number of carbonyl (C=O) groups excluding carboxylic acids is 1. The molecule has 1 N–H and O–H groups in total. The van der Waals surface area contributed by atoms with Crippen LogP contribution in [0.15, 0.2) is 0 Å². The van der Waals surface area contributed by atoms with Gasteiger partial charge in [0.2, 0.25) is 0 Å². The van der Waals surface area contributed by atoms with E-state index >= 15 is 0 Å². The van der Waals surface area contributed by atoms with Gasteiger partial charge in [-0.15, -0.1) is 0 Å². The fourth-order valence-electron chi connectivity index (χ4n) is 2.60. The number of ether oxygens (including phenoxy) is 3. The average molecular weight is 301 g/mol. The Labute approximate surface area is 128 Å². The minimum Gasteiger partial charge on any atom is -0.465 e. The van der Waals surface area contributed by atoms with Crippen molar-refractivity contribution in [2.24, 2.45) is 0 Å². The van der Waals surface area contributed by atoms with E-state index in [-0.39, 0.29) is 18.2 Å². The molecule has 5 heteroatoms. The van der Waals surface area contributed by atoms with Crippen LogP contribution in [0.1, 0.15) is 53.4 Å². The van der Waals surface area contributed by atoms with Crippen LogP contribution in [-0.2, 0) is 19.0 Å². The minimum absolute atomic E-state index is 0.0204. The first kappa shape index (κ1) is 18.4. The van der Waals surface area contributed by atoms with Crippen LogP contribution in [0.25, 0.3) is 0 Å². The SMILES string of the molecule is CCCNC(C)(CC(C)OCC1CCCO1)C(=O)OCC. The Balaban J connectivity index is 2.46. The van der Waals surface area contributed by atoms with Crippen LogP contribution in [0, 0.1) is 0 Å². The Morgan fingerprint density at radius 2 is 2.24 bits per heavy atom. The first-order chi connectivity index (χ1) is 10.0. The third-order valence-electron chi connectivity index (χ3n) is 3.78. The molecule has 0 aliphatic carbocycles. The Morgan fingerprint density at radius 3 is 2.81 bits per heavy atom. The van der Waals surface area contributed by atoms with Gasteiger partial charge in [0.25, 0.3) is 0 Å². The Kier molecular flexibility index (Phi) is 8.22. The molecule has 3 unspecified atom stereocenters. The standard InChI is InChI=1S/C16H31NO4/c1-5-9-17-16(4,15(18)19-6-2)11-13(3)21-12-14-8-7-10-20-14/h13-14,17H,5-12H2,1-4H3. The largest absolute Gasteiger partial charge is 0.465 e. The lowest BCUT2D eigenvalue weighted by Gasteiger charge is -2.31. The predicted molar refractivity (Wildman–Crippen MR) is 82.3 cm³/mol. The van der Waals surface area contributed by atoms with Crippen LogP contribution in [0.3, 0.4) is 0 Å². The van der Waals surface area contributed by atoms with E-state index in [1.807, 2.05) is 20.8 Å². The van der Waals surface area contributed by atoms with Gasteiger partial charge in [0, 0.05) is 13.0 Å². The van der Waals surface area contributed by atoms with E-state index in [9.17, 15) is 4.79 Å². The van der Waals surface area contributed by atoms with E-state index in [0.29, 0.717) is 19.6 Å². The van der Waals surface area contributed by atoms with Crippen molar-refractivity contribution >= 4 is 5.97 Å². The number of rotatable bonds is 10. The molecule has 1 aliphatic rings. The van der Waals surface area contributed by atoms with Gasteiger partial charge in [-0.3, -0.25) is 4.79 Å². The van der Waals surface area contributed by atoms with Crippen LogP contribution >= 0.6 is 0 Å². The molecule has 21 heavy (non-hydrogen) atoms. The van der Waals surface area contributed by atoms with Gasteiger partial charge in [-0.25, -0.2) is 0 Å². The van der Waals surface area contributed by atoms with Gasteiger partial charge < -0.3 is 19.5 Å². The van der Waals surface area contributed by atoms with Crippen molar-refractivity contribution in [2.45, 2.75) is 71.1 Å². The van der Waals surface area contributed by atoms with Gasteiger partial charge in [-0.2, -0.15) is 0 Å². The monoisotopic (exact) mass is 301 g/mol. The van der Waals surface area contributed by atoms with Crippen molar-refractivity contribution in [1.29, 1.82) is 0 Å². The predicted octanol–water partition coefficient (Wildman–Crippen LogP) is 2.28. The number of carbonyl (C=O) groups is 1. The molecular formula is C16H31NO4. The lowest BCUT2D eigenvalue weighted by Crippen LogP contribution is -2.52. The fraction of sp³-hybridized carbons (Fsp3) is 0.938. The summed E-state index contributed by atoms with van der Waals surface area (Å²) in [5.41, 5.74) is -0.692. The highest BCUT2D eigenvalue weighted by molar-refractivity contribution is 5.80. The maximum Gasteiger partial charge on any atom is 0.326 e. The highest BCUT2D eigenvalue weighted by atomic mass is 16.5. The topological polar surface area (TPSA) is 56.8 Å². The van der Waals surface area contributed by atoms with Crippen LogP contribution in [0.2, 0.25) is 0 Å². The van der Waals surface area contributed by atoms with Crippen LogP contribution < -0.4 is 5.32 Å². The van der Waals surface area contributed by atoms with Gasteiger partial charge in [-0.05, 0) is 46.6 Å². The molecule has 0 aromatic carbocycles. The van der Waals surface area contributed by atoms with Crippen molar-refractivity contribution in [3.63, 3.8) is 0 Å². The summed E-state index contributed by atoms with van der Waals surface area (Å²) >= 11 is 0. The molecule has 3 atom stereocenters. The van der Waals surface area contributed by atoms with Crippen molar-refractivity contribution in [1.82, 2.24) is 5.32 Å². The third-order valence-corrected chi connectivity index (χ3v) is 3.78. The molecule has 1 saturated heterocycles. The first-order valence-electron chi connectivity index (χ1n) is 8.17. The Hall–Kier alpha value is -0.650. The molecule has 1 rings (SSSR count). The minimum atomic E-state index is -0.692. The van der Waals surface area contributed by atoms with E-state index in [1.165, 1.54) is 0 Å². The van der Waals surface area contributed by atoms with Crippen molar-refractivity contribution < 1.29 is 19.0 Å². The van der Waals surface area contributed by atoms with E-state index < -0.39 is 5.54 Å². The second-order valence-corrected chi connectivity index (χ2v) is 5.96. The molecule has 0 aromatic rings. The van der Waals surface area contributed by atoms with E-state index in [1.54, 1.807) is 0 Å². The molecule has 124 valence electrons. The maximum absolute atomic E-state index is 12.2. The first-order valence-corrected chi connectivity index (χ1v) is 8.17. The smallest absolute Gasteiger partial charge is 0.326 e. The zero-order chi connectivity index (χ0) is 15.7. The van der Waals surface area contributed by atoms with Gasteiger partial charge in [-0.1, -0.05) is 6.92 Å². The van der Waals surface area contributed by atoms with Crippen LogP contribution in [0.4, 0.5) is 0 Å².